The zero-order valence-corrected chi connectivity index (χ0v) is 33.8. The third kappa shape index (κ3) is 6.65. The van der Waals surface area contributed by atoms with E-state index >= 15 is 0 Å². The molecular weight excluding hydrogens is 755 g/mol. The van der Waals surface area contributed by atoms with E-state index in [4.69, 9.17) is 19.7 Å². The van der Waals surface area contributed by atoms with Crippen LogP contribution in [0.1, 0.15) is 22.3 Å². The largest absolute Gasteiger partial charge is 0.457 e. The molecule has 0 saturated carbocycles. The van der Waals surface area contributed by atoms with Crippen molar-refractivity contribution < 1.29 is 4.74 Å². The minimum absolute atomic E-state index is 0.598. The molecule has 0 unspecified atom stereocenters. The maximum Gasteiger partial charge on any atom is 0.164 e. The number of para-hydroxylation sites is 1. The quantitative estimate of drug-likeness (QED) is 0.154. The third-order valence-corrected chi connectivity index (χ3v) is 11.9. The SMILES string of the molecule is c1ccc(-c2cccc(-c3nc(-c4ccccc4)nc(-c4cccc(-c5cccc(-c6ccc7c(c6)C(c6ccccc6)(c6ccccc6)c6ccccc6O7)c5)c4)n3)c2)cc1. The maximum absolute atomic E-state index is 6.70. The molecule has 0 aliphatic carbocycles. The van der Waals surface area contributed by atoms with Gasteiger partial charge in [-0.05, 0) is 80.9 Å². The van der Waals surface area contributed by atoms with E-state index < -0.39 is 5.41 Å². The van der Waals surface area contributed by atoms with Crippen LogP contribution in [0.25, 0.3) is 67.5 Å². The molecular formula is C58H39N3O. The number of rotatable bonds is 8. The Hall–Kier alpha value is -8.21. The summed E-state index contributed by atoms with van der Waals surface area (Å²) in [6.07, 6.45) is 0. The van der Waals surface area contributed by atoms with Crippen LogP contribution in [0.3, 0.4) is 0 Å². The highest BCUT2D eigenvalue weighted by Gasteiger charge is 2.45. The molecule has 292 valence electrons. The smallest absolute Gasteiger partial charge is 0.164 e. The summed E-state index contributed by atoms with van der Waals surface area (Å²) in [6, 6.07) is 82.9. The van der Waals surface area contributed by atoms with Gasteiger partial charge in [-0.25, -0.2) is 15.0 Å². The highest BCUT2D eigenvalue weighted by atomic mass is 16.5. The molecule has 9 aromatic carbocycles. The van der Waals surface area contributed by atoms with Crippen molar-refractivity contribution >= 4 is 0 Å². The van der Waals surface area contributed by atoms with E-state index in [-0.39, 0.29) is 0 Å². The summed E-state index contributed by atoms with van der Waals surface area (Å²) in [4.78, 5) is 15.2. The molecule has 10 aromatic rings. The Bertz CT molecular complexity index is 3160. The Morgan fingerprint density at radius 2 is 0.629 bits per heavy atom. The van der Waals surface area contributed by atoms with Crippen molar-refractivity contribution in [3.05, 3.63) is 259 Å². The van der Waals surface area contributed by atoms with Gasteiger partial charge in [-0.15, -0.1) is 0 Å². The summed E-state index contributed by atoms with van der Waals surface area (Å²) in [7, 11) is 0. The van der Waals surface area contributed by atoms with Crippen molar-refractivity contribution in [2.45, 2.75) is 5.41 Å². The third-order valence-electron chi connectivity index (χ3n) is 11.9. The summed E-state index contributed by atoms with van der Waals surface area (Å²) < 4.78 is 6.70. The van der Waals surface area contributed by atoms with Gasteiger partial charge in [0, 0.05) is 27.8 Å². The number of hydrogen-bond donors (Lipinski definition) is 0. The Labute approximate surface area is 361 Å². The maximum atomic E-state index is 6.70. The molecule has 62 heavy (non-hydrogen) atoms. The van der Waals surface area contributed by atoms with Crippen molar-refractivity contribution in [1.82, 2.24) is 15.0 Å². The highest BCUT2D eigenvalue weighted by Crippen LogP contribution is 2.56. The van der Waals surface area contributed by atoms with Crippen LogP contribution in [-0.4, -0.2) is 15.0 Å². The van der Waals surface area contributed by atoms with E-state index in [1.807, 2.05) is 42.5 Å². The molecule has 1 aliphatic heterocycles. The van der Waals surface area contributed by atoms with Crippen LogP contribution in [0.2, 0.25) is 0 Å². The fourth-order valence-electron chi connectivity index (χ4n) is 8.92. The number of benzene rings is 9. The van der Waals surface area contributed by atoms with Crippen LogP contribution in [-0.2, 0) is 5.41 Å². The van der Waals surface area contributed by atoms with Crippen molar-refractivity contribution in [1.29, 1.82) is 0 Å². The monoisotopic (exact) mass is 793 g/mol. The van der Waals surface area contributed by atoms with Crippen molar-refractivity contribution in [2.75, 3.05) is 0 Å². The van der Waals surface area contributed by atoms with E-state index in [1.54, 1.807) is 0 Å². The Morgan fingerprint density at radius 1 is 0.258 bits per heavy atom. The zero-order chi connectivity index (χ0) is 41.3. The lowest BCUT2D eigenvalue weighted by atomic mass is 9.63. The van der Waals surface area contributed by atoms with Gasteiger partial charge >= 0.3 is 0 Å². The van der Waals surface area contributed by atoms with E-state index in [2.05, 4.69) is 194 Å². The van der Waals surface area contributed by atoms with Gasteiger partial charge in [-0.3, -0.25) is 0 Å². The number of ether oxygens (including phenoxy) is 1. The molecule has 0 N–H and O–H groups in total. The normalized spacial score (nSPS) is 12.5. The first-order chi connectivity index (χ1) is 30.7. The Kier molecular flexibility index (Phi) is 9.36. The van der Waals surface area contributed by atoms with Gasteiger partial charge in [-0.2, -0.15) is 0 Å². The molecule has 0 fully saturated rings. The molecule has 0 spiro atoms. The fourth-order valence-corrected chi connectivity index (χ4v) is 8.92. The van der Waals surface area contributed by atoms with Crippen LogP contribution in [0, 0.1) is 0 Å². The number of nitrogens with zero attached hydrogens (tertiary/aromatic N) is 3. The highest BCUT2D eigenvalue weighted by molar-refractivity contribution is 5.79. The van der Waals surface area contributed by atoms with E-state index in [9.17, 15) is 0 Å². The molecule has 0 radical (unpaired) electrons. The first kappa shape index (κ1) is 36.8. The van der Waals surface area contributed by atoms with Crippen molar-refractivity contribution in [3.8, 4) is 79.0 Å². The topological polar surface area (TPSA) is 47.9 Å². The summed E-state index contributed by atoms with van der Waals surface area (Å²) in [6.45, 7) is 0. The second kappa shape index (κ2) is 15.8. The van der Waals surface area contributed by atoms with Gasteiger partial charge in [0.15, 0.2) is 17.5 Å². The summed E-state index contributed by atoms with van der Waals surface area (Å²) >= 11 is 0. The second-order valence-electron chi connectivity index (χ2n) is 15.6. The zero-order valence-electron chi connectivity index (χ0n) is 33.8. The predicted molar refractivity (Wildman–Crippen MR) is 251 cm³/mol. The summed E-state index contributed by atoms with van der Waals surface area (Å²) in [5.41, 5.74) is 13.4. The van der Waals surface area contributed by atoms with Gasteiger partial charge in [0.05, 0.1) is 5.41 Å². The summed E-state index contributed by atoms with van der Waals surface area (Å²) in [5, 5.41) is 0. The average Bonchev–Trinajstić information content (AvgIpc) is 3.36. The molecule has 2 heterocycles. The second-order valence-corrected chi connectivity index (χ2v) is 15.6. The lowest BCUT2D eigenvalue weighted by Gasteiger charge is -2.41. The molecule has 4 heteroatoms. The molecule has 0 bridgehead atoms. The van der Waals surface area contributed by atoms with Crippen LogP contribution < -0.4 is 4.74 Å². The molecule has 4 nitrogen and oxygen atoms in total. The summed E-state index contributed by atoms with van der Waals surface area (Å²) in [5.74, 6) is 3.58. The van der Waals surface area contributed by atoms with E-state index in [0.29, 0.717) is 17.5 Å². The molecule has 0 saturated heterocycles. The minimum atomic E-state index is -0.598. The molecule has 0 atom stereocenters. The number of aromatic nitrogens is 3. The van der Waals surface area contributed by atoms with Crippen LogP contribution in [0.5, 0.6) is 11.5 Å². The standard InChI is InChI=1S/C58H39N3O/c1-5-18-40(19-6-1)42-22-16-26-47(37-42)56-59-55(41-20-7-2-8-21-41)60-57(61-56)48-27-17-25-45(38-48)43-23-15-24-44(36-43)46-34-35-54-52(39-46)58(49-28-9-3-10-29-49,50-30-11-4-12-31-50)51-32-13-14-33-53(51)62-54/h1-39H. The Balaban J connectivity index is 1.01. The number of fused-ring (bicyclic) bond motifs is 2. The predicted octanol–water partition coefficient (Wildman–Crippen LogP) is 14.4. The lowest BCUT2D eigenvalue weighted by molar-refractivity contribution is 0.434. The first-order valence-electron chi connectivity index (χ1n) is 20.9. The van der Waals surface area contributed by atoms with E-state index in [0.717, 1.165) is 72.7 Å². The van der Waals surface area contributed by atoms with Gasteiger partial charge in [-0.1, -0.05) is 200 Å². The van der Waals surface area contributed by atoms with Crippen molar-refractivity contribution in [3.63, 3.8) is 0 Å². The van der Waals surface area contributed by atoms with Crippen LogP contribution >= 0.6 is 0 Å². The molecule has 0 amide bonds. The van der Waals surface area contributed by atoms with Gasteiger partial charge in [0.25, 0.3) is 0 Å². The van der Waals surface area contributed by atoms with Gasteiger partial charge in [0.2, 0.25) is 0 Å². The van der Waals surface area contributed by atoms with Crippen LogP contribution in [0.15, 0.2) is 237 Å². The van der Waals surface area contributed by atoms with Gasteiger partial charge in [0.1, 0.15) is 11.5 Å². The fraction of sp³-hybridized carbons (Fsp3) is 0.0172. The lowest BCUT2D eigenvalue weighted by Crippen LogP contribution is -2.34. The molecule has 1 aromatic heterocycles. The van der Waals surface area contributed by atoms with Crippen molar-refractivity contribution in [2.24, 2.45) is 0 Å². The Morgan fingerprint density at radius 3 is 1.18 bits per heavy atom. The minimum Gasteiger partial charge on any atom is -0.457 e. The average molecular weight is 794 g/mol. The molecule has 11 rings (SSSR count). The van der Waals surface area contributed by atoms with Gasteiger partial charge < -0.3 is 4.74 Å². The number of hydrogen-bond acceptors (Lipinski definition) is 4. The van der Waals surface area contributed by atoms with E-state index in [1.165, 1.54) is 11.1 Å². The molecule has 1 aliphatic rings. The van der Waals surface area contributed by atoms with Crippen LogP contribution in [0.4, 0.5) is 0 Å². The first-order valence-corrected chi connectivity index (χ1v) is 20.9.